The van der Waals surface area contributed by atoms with Crippen molar-refractivity contribution in [2.45, 2.75) is 25.7 Å². The first-order valence-electron chi connectivity index (χ1n) is 8.68. The summed E-state index contributed by atoms with van der Waals surface area (Å²) in [4.78, 5) is 35.5. The zero-order valence-electron chi connectivity index (χ0n) is 15.4. The van der Waals surface area contributed by atoms with E-state index in [4.69, 9.17) is 4.74 Å². The van der Waals surface area contributed by atoms with Gasteiger partial charge in [-0.1, -0.05) is 49.4 Å². The van der Waals surface area contributed by atoms with Gasteiger partial charge in [0.15, 0.2) is 12.4 Å². The number of carboxylic acids is 1. The van der Waals surface area contributed by atoms with Gasteiger partial charge >= 0.3 is 5.97 Å². The Morgan fingerprint density at radius 1 is 1.07 bits per heavy atom. The number of benzene rings is 2. The first-order valence-corrected chi connectivity index (χ1v) is 8.68. The van der Waals surface area contributed by atoms with E-state index in [0.717, 1.165) is 0 Å². The zero-order valence-corrected chi connectivity index (χ0v) is 15.4. The third-order valence-electron chi connectivity index (χ3n) is 4.54. The molecule has 1 unspecified atom stereocenters. The Morgan fingerprint density at radius 3 is 2.37 bits per heavy atom. The number of nitrogens with one attached hydrogen (secondary N) is 1. The lowest BCUT2D eigenvalue weighted by molar-refractivity contribution is -0.144. The predicted octanol–water partition coefficient (Wildman–Crippen LogP) is 2.82. The number of carbonyl (C=O) groups excluding carboxylic acids is 2. The minimum Gasteiger partial charge on any atom is -0.484 e. The lowest BCUT2D eigenvalue weighted by Crippen LogP contribution is -2.47. The maximum Gasteiger partial charge on any atom is 0.315 e. The Kier molecular flexibility index (Phi) is 6.71. The van der Waals surface area contributed by atoms with Gasteiger partial charge in [-0.3, -0.25) is 14.4 Å². The van der Waals surface area contributed by atoms with Crippen LogP contribution in [0.4, 0.5) is 0 Å². The highest BCUT2D eigenvalue weighted by Gasteiger charge is 2.38. The molecule has 0 fully saturated rings. The van der Waals surface area contributed by atoms with E-state index in [1.54, 1.807) is 55.5 Å². The molecule has 1 atom stereocenters. The Balaban J connectivity index is 2.01. The molecule has 0 aromatic heterocycles. The molecule has 0 spiro atoms. The molecule has 0 bridgehead atoms. The minimum absolute atomic E-state index is 0.0431. The van der Waals surface area contributed by atoms with Gasteiger partial charge in [0.05, 0.1) is 0 Å². The number of carbonyl (C=O) groups is 3. The quantitative estimate of drug-likeness (QED) is 0.663. The topological polar surface area (TPSA) is 92.7 Å². The van der Waals surface area contributed by atoms with Crippen LogP contribution in [0.5, 0.6) is 5.75 Å². The van der Waals surface area contributed by atoms with Crippen LogP contribution in [0.3, 0.4) is 0 Å². The van der Waals surface area contributed by atoms with Gasteiger partial charge < -0.3 is 15.2 Å². The first kappa shape index (κ1) is 20.2. The van der Waals surface area contributed by atoms with Gasteiger partial charge in [0.1, 0.15) is 11.2 Å². The fraction of sp³-hybridized carbons (Fsp3) is 0.286. The van der Waals surface area contributed by atoms with E-state index in [0.29, 0.717) is 23.3 Å². The molecule has 0 aliphatic rings. The van der Waals surface area contributed by atoms with Crippen molar-refractivity contribution in [2.24, 2.45) is 0 Å². The van der Waals surface area contributed by atoms with Crippen LogP contribution in [-0.4, -0.2) is 35.9 Å². The molecule has 2 N–H and O–H groups in total. The van der Waals surface area contributed by atoms with Gasteiger partial charge in [-0.05, 0) is 31.0 Å². The van der Waals surface area contributed by atoms with Gasteiger partial charge in [0.25, 0.3) is 5.91 Å². The summed E-state index contributed by atoms with van der Waals surface area (Å²) in [5, 5.41) is 12.4. The number of Topliss-reactive ketones (excluding diaryl/α,β-unsaturated/α-hetero) is 1. The van der Waals surface area contributed by atoms with Gasteiger partial charge in [0.2, 0.25) is 0 Å². The molecule has 0 aliphatic carbocycles. The molecule has 0 saturated carbocycles. The average molecular weight is 369 g/mol. The number of hydrogen-bond acceptors (Lipinski definition) is 4. The van der Waals surface area contributed by atoms with E-state index in [1.807, 2.05) is 6.07 Å². The minimum atomic E-state index is -1.20. The highest BCUT2D eigenvalue weighted by atomic mass is 16.5. The number of rotatable bonds is 9. The Hall–Kier alpha value is -3.15. The molecular weight excluding hydrogens is 346 g/mol. The summed E-state index contributed by atoms with van der Waals surface area (Å²) in [7, 11) is 0. The first-order chi connectivity index (χ1) is 12.9. The van der Waals surface area contributed by atoms with Crippen molar-refractivity contribution in [2.75, 3.05) is 13.2 Å². The van der Waals surface area contributed by atoms with Crippen molar-refractivity contribution < 1.29 is 24.2 Å². The smallest absolute Gasteiger partial charge is 0.315 e. The molecule has 2 aromatic carbocycles. The summed E-state index contributed by atoms with van der Waals surface area (Å²) in [6.07, 6.45) is 0.328. The molecular formula is C21H23NO5. The third-order valence-corrected chi connectivity index (χ3v) is 4.54. The van der Waals surface area contributed by atoms with Gasteiger partial charge in [-0.2, -0.15) is 0 Å². The molecule has 0 heterocycles. The van der Waals surface area contributed by atoms with Crippen molar-refractivity contribution in [3.8, 4) is 5.75 Å². The van der Waals surface area contributed by atoms with Gasteiger partial charge in [-0.25, -0.2) is 0 Å². The molecule has 142 valence electrons. The Morgan fingerprint density at radius 2 is 1.78 bits per heavy atom. The van der Waals surface area contributed by atoms with E-state index in [-0.39, 0.29) is 18.9 Å². The lowest BCUT2D eigenvalue weighted by atomic mass is 9.78. The van der Waals surface area contributed by atoms with Crippen LogP contribution in [0.2, 0.25) is 0 Å². The monoisotopic (exact) mass is 369 g/mol. The van der Waals surface area contributed by atoms with Crippen LogP contribution in [0, 0.1) is 0 Å². The van der Waals surface area contributed by atoms with E-state index < -0.39 is 17.3 Å². The van der Waals surface area contributed by atoms with Gasteiger partial charge in [-0.15, -0.1) is 0 Å². The van der Waals surface area contributed by atoms with Crippen molar-refractivity contribution in [1.82, 2.24) is 5.32 Å². The number of hydrogen-bond donors (Lipinski definition) is 2. The molecule has 2 rings (SSSR count). The standard InChI is InChI=1S/C21H23NO5/c1-3-21(20(25)26,17-9-5-4-6-10-17)14-22-19(24)13-27-18-11-7-8-16(12-18)15(2)23/h4-12H,3,13-14H2,1-2H3,(H,22,24)(H,25,26). The molecule has 2 aromatic rings. The van der Waals surface area contributed by atoms with Crippen LogP contribution in [0.15, 0.2) is 54.6 Å². The van der Waals surface area contributed by atoms with Crippen molar-refractivity contribution in [3.05, 3.63) is 65.7 Å². The summed E-state index contributed by atoms with van der Waals surface area (Å²) in [6, 6.07) is 15.4. The molecule has 0 aliphatic heterocycles. The second-order valence-corrected chi connectivity index (χ2v) is 6.26. The SMILES string of the molecule is CCC(CNC(=O)COc1cccc(C(C)=O)c1)(C(=O)O)c1ccccc1. The van der Waals surface area contributed by atoms with Crippen molar-refractivity contribution in [1.29, 1.82) is 0 Å². The average Bonchev–Trinajstić information content (AvgIpc) is 2.68. The number of carboxylic acid groups (broad SMARTS) is 1. The maximum atomic E-state index is 12.2. The summed E-state index contributed by atoms with van der Waals surface area (Å²) in [5.41, 5.74) is -0.0749. The maximum absolute atomic E-state index is 12.2. The molecule has 6 heteroatoms. The van der Waals surface area contributed by atoms with Crippen LogP contribution >= 0.6 is 0 Å². The highest BCUT2D eigenvalue weighted by molar-refractivity contribution is 5.94. The fourth-order valence-corrected chi connectivity index (χ4v) is 2.79. The second kappa shape index (κ2) is 8.98. The van der Waals surface area contributed by atoms with Crippen LogP contribution in [0.25, 0.3) is 0 Å². The number of ketones is 1. The molecule has 6 nitrogen and oxygen atoms in total. The lowest BCUT2D eigenvalue weighted by Gasteiger charge is -2.29. The third kappa shape index (κ3) is 4.94. The number of ether oxygens (including phenoxy) is 1. The zero-order chi connectivity index (χ0) is 19.9. The molecule has 0 radical (unpaired) electrons. The predicted molar refractivity (Wildman–Crippen MR) is 101 cm³/mol. The summed E-state index contributed by atoms with van der Waals surface area (Å²) < 4.78 is 5.41. The number of amides is 1. The largest absolute Gasteiger partial charge is 0.484 e. The van der Waals surface area contributed by atoms with E-state index in [1.165, 1.54) is 6.92 Å². The van der Waals surface area contributed by atoms with Crippen LogP contribution in [0.1, 0.15) is 36.2 Å². The van der Waals surface area contributed by atoms with Crippen molar-refractivity contribution >= 4 is 17.7 Å². The fourth-order valence-electron chi connectivity index (χ4n) is 2.79. The Bertz CT molecular complexity index is 818. The molecule has 1 amide bonds. The summed E-state index contributed by atoms with van der Waals surface area (Å²) in [6.45, 7) is 2.91. The Labute approximate surface area is 158 Å². The normalized spacial score (nSPS) is 12.7. The second-order valence-electron chi connectivity index (χ2n) is 6.26. The van der Waals surface area contributed by atoms with Crippen LogP contribution in [-0.2, 0) is 15.0 Å². The van der Waals surface area contributed by atoms with E-state index in [2.05, 4.69) is 5.32 Å². The van der Waals surface area contributed by atoms with E-state index >= 15 is 0 Å². The summed E-state index contributed by atoms with van der Waals surface area (Å²) in [5.74, 6) is -1.12. The van der Waals surface area contributed by atoms with Crippen molar-refractivity contribution in [3.63, 3.8) is 0 Å². The molecule has 27 heavy (non-hydrogen) atoms. The highest BCUT2D eigenvalue weighted by Crippen LogP contribution is 2.27. The number of aliphatic carboxylic acids is 1. The van der Waals surface area contributed by atoms with E-state index in [9.17, 15) is 19.5 Å². The van der Waals surface area contributed by atoms with Crippen LogP contribution < -0.4 is 10.1 Å². The molecule has 0 saturated heterocycles. The summed E-state index contributed by atoms with van der Waals surface area (Å²) >= 11 is 0. The van der Waals surface area contributed by atoms with Gasteiger partial charge in [0, 0.05) is 12.1 Å².